The average molecular weight is 406 g/mol. The minimum atomic E-state index is -0.396. The van der Waals surface area contributed by atoms with Gasteiger partial charge in [0.25, 0.3) is 5.91 Å². The molecule has 0 radical (unpaired) electrons. The Labute approximate surface area is 170 Å². The molecule has 29 heavy (non-hydrogen) atoms. The zero-order valence-corrected chi connectivity index (χ0v) is 16.1. The van der Waals surface area contributed by atoms with Gasteiger partial charge < -0.3 is 4.74 Å². The van der Waals surface area contributed by atoms with Crippen molar-refractivity contribution < 1.29 is 13.9 Å². The van der Waals surface area contributed by atoms with Crippen LogP contribution in [0.15, 0.2) is 66.3 Å². The van der Waals surface area contributed by atoms with Gasteiger partial charge in [0.1, 0.15) is 17.3 Å². The number of methoxy groups -OCH3 is 1. The molecule has 0 atom stereocenters. The molecule has 0 fully saturated rings. The number of carbonyl (C=O) groups is 1. The fourth-order valence-electron chi connectivity index (χ4n) is 2.75. The van der Waals surface area contributed by atoms with Gasteiger partial charge in [-0.05, 0) is 30.3 Å². The van der Waals surface area contributed by atoms with E-state index in [-0.39, 0.29) is 5.91 Å². The van der Waals surface area contributed by atoms with E-state index >= 15 is 0 Å². The van der Waals surface area contributed by atoms with Gasteiger partial charge in [-0.2, -0.15) is 0 Å². The van der Waals surface area contributed by atoms with Crippen LogP contribution in [0.25, 0.3) is 22.6 Å². The van der Waals surface area contributed by atoms with Gasteiger partial charge in [0.15, 0.2) is 5.13 Å². The second-order valence-electron chi connectivity index (χ2n) is 5.98. The summed E-state index contributed by atoms with van der Waals surface area (Å²) in [7, 11) is 1.58. The third-order valence-electron chi connectivity index (χ3n) is 4.10. The summed E-state index contributed by atoms with van der Waals surface area (Å²) in [6.07, 6.45) is 3.00. The molecule has 1 N–H and O–H groups in total. The molecule has 0 aliphatic heterocycles. The van der Waals surface area contributed by atoms with Crippen molar-refractivity contribution in [2.24, 2.45) is 0 Å². The van der Waals surface area contributed by atoms with Crippen molar-refractivity contribution in [3.05, 3.63) is 77.7 Å². The van der Waals surface area contributed by atoms with Crippen molar-refractivity contribution >= 4 is 22.4 Å². The van der Waals surface area contributed by atoms with Crippen LogP contribution >= 0.6 is 11.3 Å². The highest BCUT2D eigenvalue weighted by molar-refractivity contribution is 7.14. The number of anilines is 1. The number of halogens is 1. The van der Waals surface area contributed by atoms with Crippen molar-refractivity contribution in [3.63, 3.8) is 0 Å². The topological polar surface area (TPSA) is 77.0 Å². The van der Waals surface area contributed by atoms with Gasteiger partial charge in [-0.3, -0.25) is 20.1 Å². The lowest BCUT2D eigenvalue weighted by Crippen LogP contribution is -2.13. The molecule has 0 bridgehead atoms. The molecule has 0 saturated heterocycles. The van der Waals surface area contributed by atoms with Crippen molar-refractivity contribution in [2.75, 3.05) is 12.4 Å². The summed E-state index contributed by atoms with van der Waals surface area (Å²) >= 11 is 1.24. The summed E-state index contributed by atoms with van der Waals surface area (Å²) in [6.45, 7) is 0. The number of aromatic nitrogens is 3. The summed E-state index contributed by atoms with van der Waals surface area (Å²) < 4.78 is 18.7. The molecular formula is C21H15FN4O2S. The van der Waals surface area contributed by atoms with E-state index in [0.29, 0.717) is 33.5 Å². The van der Waals surface area contributed by atoms with Crippen LogP contribution in [-0.2, 0) is 0 Å². The maximum atomic E-state index is 13.4. The lowest BCUT2D eigenvalue weighted by molar-refractivity contribution is 0.102. The zero-order valence-electron chi connectivity index (χ0n) is 15.3. The van der Waals surface area contributed by atoms with Gasteiger partial charge in [-0.25, -0.2) is 9.37 Å². The van der Waals surface area contributed by atoms with Gasteiger partial charge in [-0.15, -0.1) is 11.3 Å². The maximum Gasteiger partial charge on any atom is 0.259 e. The standard InChI is InChI=1S/C21H15FN4O2S/c1-28-15-5-2-4-13(10-15)19-16(6-3-8-24-19)20(27)26-21-25-18(12-29-21)17-11-14(22)7-9-23-17/h2-12H,1H3,(H,25,26,27). The molecular weight excluding hydrogens is 391 g/mol. The number of rotatable bonds is 5. The lowest BCUT2D eigenvalue weighted by atomic mass is 10.1. The first-order valence-electron chi connectivity index (χ1n) is 8.62. The van der Waals surface area contributed by atoms with Gasteiger partial charge in [0.2, 0.25) is 0 Å². The normalized spacial score (nSPS) is 10.6. The van der Waals surface area contributed by atoms with Crippen LogP contribution in [0, 0.1) is 5.82 Å². The van der Waals surface area contributed by atoms with E-state index < -0.39 is 5.82 Å². The Morgan fingerprint density at radius 2 is 1.97 bits per heavy atom. The van der Waals surface area contributed by atoms with E-state index in [1.807, 2.05) is 24.3 Å². The zero-order chi connectivity index (χ0) is 20.2. The summed E-state index contributed by atoms with van der Waals surface area (Å²) in [5.74, 6) is -0.0671. The Balaban J connectivity index is 1.60. The quantitative estimate of drug-likeness (QED) is 0.521. The Morgan fingerprint density at radius 1 is 1.07 bits per heavy atom. The van der Waals surface area contributed by atoms with Crippen molar-refractivity contribution in [1.82, 2.24) is 15.0 Å². The number of nitrogens with zero attached hydrogens (tertiary/aromatic N) is 3. The molecule has 144 valence electrons. The highest BCUT2D eigenvalue weighted by Gasteiger charge is 2.16. The van der Waals surface area contributed by atoms with E-state index in [1.165, 1.54) is 29.7 Å². The van der Waals surface area contributed by atoms with Crippen LogP contribution in [0.3, 0.4) is 0 Å². The molecule has 1 amide bonds. The van der Waals surface area contributed by atoms with E-state index in [1.54, 1.807) is 30.8 Å². The van der Waals surface area contributed by atoms with Crippen LogP contribution in [0.1, 0.15) is 10.4 Å². The second-order valence-corrected chi connectivity index (χ2v) is 6.84. The van der Waals surface area contributed by atoms with Crippen LogP contribution in [0.4, 0.5) is 9.52 Å². The Morgan fingerprint density at radius 3 is 2.79 bits per heavy atom. The Kier molecular flexibility index (Phi) is 5.26. The number of nitrogens with one attached hydrogen (secondary N) is 1. The Bertz CT molecular complexity index is 1180. The first-order chi connectivity index (χ1) is 14.1. The van der Waals surface area contributed by atoms with Crippen molar-refractivity contribution in [1.29, 1.82) is 0 Å². The monoisotopic (exact) mass is 406 g/mol. The molecule has 0 aliphatic carbocycles. The molecule has 0 unspecified atom stereocenters. The first-order valence-corrected chi connectivity index (χ1v) is 9.50. The molecule has 0 saturated carbocycles. The molecule has 4 aromatic rings. The molecule has 6 nitrogen and oxygen atoms in total. The van der Waals surface area contributed by atoms with Crippen LogP contribution in [-0.4, -0.2) is 28.0 Å². The first kappa shape index (κ1) is 18.7. The fourth-order valence-corrected chi connectivity index (χ4v) is 3.45. The van der Waals surface area contributed by atoms with Gasteiger partial charge >= 0.3 is 0 Å². The van der Waals surface area contributed by atoms with Crippen molar-refractivity contribution in [3.8, 4) is 28.4 Å². The predicted molar refractivity (Wildman–Crippen MR) is 109 cm³/mol. The summed E-state index contributed by atoms with van der Waals surface area (Å²) in [4.78, 5) is 25.7. The molecule has 3 heterocycles. The fraction of sp³-hybridized carbons (Fsp3) is 0.0476. The summed E-state index contributed by atoms with van der Waals surface area (Å²) in [5.41, 5.74) is 2.59. The SMILES string of the molecule is COc1cccc(-c2ncccc2C(=O)Nc2nc(-c3cc(F)ccn3)cs2)c1. The number of hydrogen-bond acceptors (Lipinski definition) is 6. The number of hydrogen-bond donors (Lipinski definition) is 1. The van der Waals surface area contributed by atoms with E-state index in [0.717, 1.165) is 5.56 Å². The minimum absolute atomic E-state index is 0.343. The van der Waals surface area contributed by atoms with Gasteiger partial charge in [-0.1, -0.05) is 12.1 Å². The number of amides is 1. The van der Waals surface area contributed by atoms with Crippen molar-refractivity contribution in [2.45, 2.75) is 0 Å². The van der Waals surface area contributed by atoms with Crippen LogP contribution in [0.2, 0.25) is 0 Å². The molecule has 3 aromatic heterocycles. The number of benzene rings is 1. The van der Waals surface area contributed by atoms with Crippen LogP contribution < -0.4 is 10.1 Å². The third-order valence-corrected chi connectivity index (χ3v) is 4.86. The third kappa shape index (κ3) is 4.12. The van der Waals surface area contributed by atoms with E-state index in [2.05, 4.69) is 20.3 Å². The largest absolute Gasteiger partial charge is 0.497 e. The average Bonchev–Trinajstić information content (AvgIpc) is 3.22. The summed E-state index contributed by atoms with van der Waals surface area (Å²) in [6, 6.07) is 13.3. The second kappa shape index (κ2) is 8.15. The number of ether oxygens (including phenoxy) is 1. The molecule has 0 aliphatic rings. The molecule has 1 aromatic carbocycles. The summed E-state index contributed by atoms with van der Waals surface area (Å²) in [5, 5.41) is 4.87. The van der Waals surface area contributed by atoms with E-state index in [9.17, 15) is 9.18 Å². The molecule has 8 heteroatoms. The lowest BCUT2D eigenvalue weighted by Gasteiger charge is -2.09. The minimum Gasteiger partial charge on any atom is -0.497 e. The van der Waals surface area contributed by atoms with Gasteiger partial charge in [0.05, 0.1) is 24.1 Å². The predicted octanol–water partition coefficient (Wildman–Crippen LogP) is 4.67. The number of pyridine rings is 2. The molecule has 0 spiro atoms. The van der Waals surface area contributed by atoms with Gasteiger partial charge in [0, 0.05) is 29.4 Å². The highest BCUT2D eigenvalue weighted by Crippen LogP contribution is 2.27. The highest BCUT2D eigenvalue weighted by atomic mass is 32.1. The maximum absolute atomic E-state index is 13.4. The van der Waals surface area contributed by atoms with E-state index in [4.69, 9.17) is 4.74 Å². The van der Waals surface area contributed by atoms with Crippen LogP contribution in [0.5, 0.6) is 5.75 Å². The smallest absolute Gasteiger partial charge is 0.259 e. The Hall–Kier alpha value is -3.65. The number of thiazole rings is 1. The number of carbonyl (C=O) groups excluding carboxylic acids is 1. The molecule has 4 rings (SSSR count).